The van der Waals surface area contributed by atoms with E-state index in [-0.39, 0.29) is 18.4 Å². The van der Waals surface area contributed by atoms with Crippen LogP contribution < -0.4 is 10.2 Å². The van der Waals surface area contributed by atoms with Crippen LogP contribution in [-0.2, 0) is 16.0 Å². The number of halogens is 2. The fourth-order valence-electron chi connectivity index (χ4n) is 2.72. The Balaban J connectivity index is 1.76. The summed E-state index contributed by atoms with van der Waals surface area (Å²) >= 11 is 9.51. The molecular weight excluding hydrogens is 392 g/mol. The highest BCUT2D eigenvalue weighted by Crippen LogP contribution is 2.30. The van der Waals surface area contributed by atoms with Crippen LogP contribution in [0.15, 0.2) is 40.9 Å². The molecule has 124 valence electrons. The number of nitrogens with one attached hydrogen (secondary N) is 1. The third-order valence-electron chi connectivity index (χ3n) is 4.00. The molecule has 0 atom stereocenters. The zero-order chi connectivity index (χ0) is 17.3. The number of hydrogen-bond acceptors (Lipinski definition) is 2. The van der Waals surface area contributed by atoms with Gasteiger partial charge in [0.05, 0.1) is 0 Å². The van der Waals surface area contributed by atoms with Crippen LogP contribution in [0, 0.1) is 6.92 Å². The van der Waals surface area contributed by atoms with E-state index < -0.39 is 0 Å². The summed E-state index contributed by atoms with van der Waals surface area (Å²) in [4.78, 5) is 26.1. The summed E-state index contributed by atoms with van der Waals surface area (Å²) in [7, 11) is 0. The number of nitrogens with zero attached hydrogens (tertiary/aromatic N) is 1. The molecule has 1 N–H and O–H groups in total. The predicted molar refractivity (Wildman–Crippen MR) is 99.6 cm³/mol. The van der Waals surface area contributed by atoms with Crippen molar-refractivity contribution >= 4 is 50.7 Å². The van der Waals surface area contributed by atoms with Crippen molar-refractivity contribution in [1.82, 2.24) is 0 Å². The molecule has 2 amide bonds. The number of aryl methyl sites for hydroxylation is 2. The molecule has 1 aliphatic rings. The highest BCUT2D eigenvalue weighted by molar-refractivity contribution is 9.10. The van der Waals surface area contributed by atoms with E-state index in [1.165, 1.54) is 4.90 Å². The molecule has 0 unspecified atom stereocenters. The van der Waals surface area contributed by atoms with Gasteiger partial charge in [-0.05, 0) is 54.8 Å². The Morgan fingerprint density at radius 3 is 2.79 bits per heavy atom. The standard InChI is InChI=1S/C18H16BrClN2O2/c1-11-2-5-14(9-15(11)20)21-17(23)10-22-16-6-4-13(19)8-12(16)3-7-18(22)24/h2,4-6,8-9H,3,7,10H2,1H3,(H,21,23). The first kappa shape index (κ1) is 17.0. The molecule has 2 aromatic rings. The Kier molecular flexibility index (Phi) is 4.92. The van der Waals surface area contributed by atoms with E-state index in [1.54, 1.807) is 12.1 Å². The van der Waals surface area contributed by atoms with Crippen molar-refractivity contribution in [2.75, 3.05) is 16.8 Å². The second-order valence-electron chi connectivity index (χ2n) is 5.77. The van der Waals surface area contributed by atoms with Crippen molar-refractivity contribution < 1.29 is 9.59 Å². The molecule has 4 nitrogen and oxygen atoms in total. The van der Waals surface area contributed by atoms with E-state index in [0.717, 1.165) is 21.3 Å². The molecule has 24 heavy (non-hydrogen) atoms. The maximum absolute atomic E-state index is 12.3. The van der Waals surface area contributed by atoms with E-state index >= 15 is 0 Å². The number of carbonyl (C=O) groups is 2. The zero-order valence-electron chi connectivity index (χ0n) is 13.1. The van der Waals surface area contributed by atoms with Crippen LogP contribution in [0.5, 0.6) is 0 Å². The molecule has 0 saturated heterocycles. The van der Waals surface area contributed by atoms with Gasteiger partial charge in [-0.1, -0.05) is 33.6 Å². The number of benzene rings is 2. The Labute approximate surface area is 153 Å². The van der Waals surface area contributed by atoms with E-state index in [1.807, 2.05) is 31.2 Å². The highest BCUT2D eigenvalue weighted by Gasteiger charge is 2.26. The number of hydrogen-bond donors (Lipinski definition) is 1. The summed E-state index contributed by atoms with van der Waals surface area (Å²) < 4.78 is 0.967. The SMILES string of the molecule is Cc1ccc(NC(=O)CN2C(=O)CCc3cc(Br)ccc32)cc1Cl. The van der Waals surface area contributed by atoms with Crippen LogP contribution >= 0.6 is 27.5 Å². The largest absolute Gasteiger partial charge is 0.324 e. The van der Waals surface area contributed by atoms with Gasteiger partial charge in [-0.15, -0.1) is 0 Å². The summed E-state index contributed by atoms with van der Waals surface area (Å²) in [6.07, 6.45) is 1.10. The molecule has 0 aliphatic carbocycles. The molecule has 1 aliphatic heterocycles. The molecule has 6 heteroatoms. The number of anilines is 2. The zero-order valence-corrected chi connectivity index (χ0v) is 15.4. The van der Waals surface area contributed by atoms with Gasteiger partial charge in [-0.2, -0.15) is 0 Å². The smallest absolute Gasteiger partial charge is 0.244 e. The second-order valence-corrected chi connectivity index (χ2v) is 7.09. The van der Waals surface area contributed by atoms with Gasteiger partial charge in [-0.3, -0.25) is 9.59 Å². The Hall–Kier alpha value is -1.85. The number of carbonyl (C=O) groups excluding carboxylic acids is 2. The summed E-state index contributed by atoms with van der Waals surface area (Å²) in [5, 5.41) is 3.39. The quantitative estimate of drug-likeness (QED) is 0.823. The van der Waals surface area contributed by atoms with E-state index in [2.05, 4.69) is 21.2 Å². The molecule has 0 fully saturated rings. The Bertz CT molecular complexity index is 823. The Morgan fingerprint density at radius 2 is 2.04 bits per heavy atom. The fraction of sp³-hybridized carbons (Fsp3) is 0.222. The van der Waals surface area contributed by atoms with Gasteiger partial charge in [0.2, 0.25) is 11.8 Å². The first-order valence-corrected chi connectivity index (χ1v) is 8.76. The normalized spacial score (nSPS) is 13.6. The van der Waals surface area contributed by atoms with Crippen molar-refractivity contribution in [2.24, 2.45) is 0 Å². The van der Waals surface area contributed by atoms with Crippen LogP contribution in [-0.4, -0.2) is 18.4 Å². The molecule has 2 aromatic carbocycles. The molecule has 0 spiro atoms. The van der Waals surface area contributed by atoms with Crippen LogP contribution in [0.25, 0.3) is 0 Å². The van der Waals surface area contributed by atoms with Crippen LogP contribution in [0.1, 0.15) is 17.5 Å². The summed E-state index contributed by atoms with van der Waals surface area (Å²) in [6, 6.07) is 11.1. The third-order valence-corrected chi connectivity index (χ3v) is 4.90. The molecule has 1 heterocycles. The number of rotatable bonds is 3. The summed E-state index contributed by atoms with van der Waals surface area (Å²) in [5.74, 6) is -0.291. The molecule has 0 bridgehead atoms. The lowest BCUT2D eigenvalue weighted by atomic mass is 10.0. The predicted octanol–water partition coefficient (Wildman–Crippen LogP) is 4.33. The van der Waals surface area contributed by atoms with Gasteiger partial charge in [0.25, 0.3) is 0 Å². The van der Waals surface area contributed by atoms with Crippen molar-refractivity contribution in [3.05, 3.63) is 57.0 Å². The minimum absolute atomic E-state index is 0.0149. The van der Waals surface area contributed by atoms with Gasteiger partial charge in [0.1, 0.15) is 6.54 Å². The third kappa shape index (κ3) is 3.62. The minimum atomic E-state index is -0.251. The van der Waals surface area contributed by atoms with E-state index in [0.29, 0.717) is 23.6 Å². The highest BCUT2D eigenvalue weighted by atomic mass is 79.9. The van der Waals surface area contributed by atoms with Crippen molar-refractivity contribution in [1.29, 1.82) is 0 Å². The van der Waals surface area contributed by atoms with Crippen molar-refractivity contribution in [3.63, 3.8) is 0 Å². The molecule has 0 radical (unpaired) electrons. The van der Waals surface area contributed by atoms with Crippen molar-refractivity contribution in [2.45, 2.75) is 19.8 Å². The van der Waals surface area contributed by atoms with E-state index in [9.17, 15) is 9.59 Å². The fourth-order valence-corrected chi connectivity index (χ4v) is 3.31. The van der Waals surface area contributed by atoms with Gasteiger partial charge in [0.15, 0.2) is 0 Å². The monoisotopic (exact) mass is 406 g/mol. The van der Waals surface area contributed by atoms with Crippen LogP contribution in [0.2, 0.25) is 5.02 Å². The summed E-state index contributed by atoms with van der Waals surface area (Å²) in [5.41, 5.74) is 3.43. The molecular formula is C18H16BrClN2O2. The average molecular weight is 408 g/mol. The average Bonchev–Trinajstić information content (AvgIpc) is 2.53. The van der Waals surface area contributed by atoms with Crippen LogP contribution in [0.4, 0.5) is 11.4 Å². The Morgan fingerprint density at radius 1 is 1.25 bits per heavy atom. The summed E-state index contributed by atoms with van der Waals surface area (Å²) in [6.45, 7) is 1.88. The van der Waals surface area contributed by atoms with Crippen molar-refractivity contribution in [3.8, 4) is 0 Å². The molecule has 0 saturated carbocycles. The first-order chi connectivity index (χ1) is 11.4. The minimum Gasteiger partial charge on any atom is -0.324 e. The van der Waals surface area contributed by atoms with Gasteiger partial charge >= 0.3 is 0 Å². The lowest BCUT2D eigenvalue weighted by Crippen LogP contribution is -2.40. The molecule has 0 aromatic heterocycles. The van der Waals surface area contributed by atoms with E-state index in [4.69, 9.17) is 11.6 Å². The lowest BCUT2D eigenvalue weighted by Gasteiger charge is -2.29. The number of fused-ring (bicyclic) bond motifs is 1. The maximum atomic E-state index is 12.3. The van der Waals surface area contributed by atoms with Crippen LogP contribution in [0.3, 0.4) is 0 Å². The van der Waals surface area contributed by atoms with Gasteiger partial charge in [0, 0.05) is 27.3 Å². The topological polar surface area (TPSA) is 49.4 Å². The lowest BCUT2D eigenvalue weighted by molar-refractivity contribution is -0.121. The molecule has 3 rings (SSSR count). The van der Waals surface area contributed by atoms with Gasteiger partial charge in [-0.25, -0.2) is 0 Å². The second kappa shape index (κ2) is 6.95. The number of amides is 2. The first-order valence-electron chi connectivity index (χ1n) is 7.59. The maximum Gasteiger partial charge on any atom is 0.244 e. The van der Waals surface area contributed by atoms with Gasteiger partial charge < -0.3 is 10.2 Å².